The number of aromatic nitrogens is 1. The topological polar surface area (TPSA) is 54.0 Å². The third-order valence-electron chi connectivity index (χ3n) is 2.68. The number of pyridine rings is 1. The highest BCUT2D eigenvalue weighted by molar-refractivity contribution is 6.30. The standard InChI is InChI=1S/C15H16ClN3O/c1-2-9-17-14-8-7-13(10-18-14)19-15(20)11-3-5-12(16)6-4-11/h3-8,10H,2,9H2,1H3,(H,17,18)(H,19,20). The van der Waals surface area contributed by atoms with Crippen LogP contribution in [0.1, 0.15) is 23.7 Å². The molecule has 0 fully saturated rings. The van der Waals surface area contributed by atoms with E-state index in [0.717, 1.165) is 18.8 Å². The number of hydrogen-bond donors (Lipinski definition) is 2. The Morgan fingerprint density at radius 1 is 1.20 bits per heavy atom. The number of anilines is 2. The zero-order valence-corrected chi connectivity index (χ0v) is 11.9. The molecule has 2 aromatic rings. The van der Waals surface area contributed by atoms with Crippen LogP contribution >= 0.6 is 11.6 Å². The number of rotatable bonds is 5. The van der Waals surface area contributed by atoms with Crippen molar-refractivity contribution in [2.75, 3.05) is 17.2 Å². The molecule has 0 spiro atoms. The van der Waals surface area contributed by atoms with E-state index in [1.54, 1.807) is 30.5 Å². The summed E-state index contributed by atoms with van der Waals surface area (Å²) < 4.78 is 0. The number of amides is 1. The van der Waals surface area contributed by atoms with Crippen LogP contribution < -0.4 is 10.6 Å². The fourth-order valence-electron chi connectivity index (χ4n) is 1.63. The first-order valence-corrected chi connectivity index (χ1v) is 6.83. The van der Waals surface area contributed by atoms with Crippen LogP contribution in [-0.2, 0) is 0 Å². The number of carbonyl (C=O) groups is 1. The molecule has 1 heterocycles. The van der Waals surface area contributed by atoms with E-state index in [2.05, 4.69) is 22.5 Å². The maximum atomic E-state index is 12.0. The summed E-state index contributed by atoms with van der Waals surface area (Å²) in [5.74, 6) is 0.620. The van der Waals surface area contributed by atoms with E-state index >= 15 is 0 Å². The average molecular weight is 290 g/mol. The summed E-state index contributed by atoms with van der Waals surface area (Å²) in [5, 5.41) is 6.57. The Bertz CT molecular complexity index is 567. The van der Waals surface area contributed by atoms with Gasteiger partial charge in [-0.25, -0.2) is 4.98 Å². The molecule has 104 valence electrons. The summed E-state index contributed by atoms with van der Waals surface area (Å²) in [6, 6.07) is 10.4. The van der Waals surface area contributed by atoms with Gasteiger partial charge in [-0.1, -0.05) is 18.5 Å². The van der Waals surface area contributed by atoms with Gasteiger partial charge in [0.2, 0.25) is 0 Å². The van der Waals surface area contributed by atoms with E-state index in [0.29, 0.717) is 16.3 Å². The van der Waals surface area contributed by atoms with Gasteiger partial charge in [-0.3, -0.25) is 4.79 Å². The number of benzene rings is 1. The molecule has 0 bridgehead atoms. The maximum absolute atomic E-state index is 12.0. The lowest BCUT2D eigenvalue weighted by Crippen LogP contribution is -2.12. The molecule has 2 rings (SSSR count). The second-order valence-electron chi connectivity index (χ2n) is 4.32. The second-order valence-corrected chi connectivity index (χ2v) is 4.76. The fourth-order valence-corrected chi connectivity index (χ4v) is 1.76. The van der Waals surface area contributed by atoms with Crippen LogP contribution in [0.5, 0.6) is 0 Å². The van der Waals surface area contributed by atoms with E-state index in [1.807, 2.05) is 12.1 Å². The van der Waals surface area contributed by atoms with Crippen molar-refractivity contribution in [3.8, 4) is 0 Å². The van der Waals surface area contributed by atoms with E-state index in [1.165, 1.54) is 0 Å². The normalized spacial score (nSPS) is 10.1. The van der Waals surface area contributed by atoms with Crippen LogP contribution in [0, 0.1) is 0 Å². The summed E-state index contributed by atoms with van der Waals surface area (Å²) in [6.45, 7) is 2.97. The Hall–Kier alpha value is -2.07. The number of halogens is 1. The van der Waals surface area contributed by atoms with Crippen LogP contribution in [0.4, 0.5) is 11.5 Å². The van der Waals surface area contributed by atoms with Crippen LogP contribution in [-0.4, -0.2) is 17.4 Å². The van der Waals surface area contributed by atoms with Crippen molar-refractivity contribution in [3.63, 3.8) is 0 Å². The van der Waals surface area contributed by atoms with Crippen LogP contribution in [0.2, 0.25) is 5.02 Å². The predicted molar refractivity (Wildman–Crippen MR) is 82.4 cm³/mol. The SMILES string of the molecule is CCCNc1ccc(NC(=O)c2ccc(Cl)cc2)cn1. The highest BCUT2D eigenvalue weighted by atomic mass is 35.5. The first kappa shape index (κ1) is 14.3. The molecule has 0 radical (unpaired) electrons. The van der Waals surface area contributed by atoms with Crippen molar-refractivity contribution >= 4 is 29.0 Å². The van der Waals surface area contributed by atoms with E-state index < -0.39 is 0 Å². The molecule has 0 saturated heterocycles. The number of nitrogens with one attached hydrogen (secondary N) is 2. The third-order valence-corrected chi connectivity index (χ3v) is 2.94. The molecular weight excluding hydrogens is 274 g/mol. The highest BCUT2D eigenvalue weighted by Gasteiger charge is 2.06. The lowest BCUT2D eigenvalue weighted by Gasteiger charge is -2.07. The second kappa shape index (κ2) is 6.91. The van der Waals surface area contributed by atoms with Gasteiger partial charge in [-0.05, 0) is 42.8 Å². The third kappa shape index (κ3) is 3.96. The number of nitrogens with zero attached hydrogens (tertiary/aromatic N) is 1. The minimum atomic E-state index is -0.183. The summed E-state index contributed by atoms with van der Waals surface area (Å²) in [6.07, 6.45) is 2.67. The van der Waals surface area contributed by atoms with E-state index in [9.17, 15) is 4.79 Å². The van der Waals surface area contributed by atoms with Gasteiger partial charge in [0.25, 0.3) is 5.91 Å². The van der Waals surface area contributed by atoms with Crippen LogP contribution in [0.25, 0.3) is 0 Å². The Kier molecular flexibility index (Phi) is 4.96. The largest absolute Gasteiger partial charge is 0.370 e. The van der Waals surface area contributed by atoms with Gasteiger partial charge in [-0.2, -0.15) is 0 Å². The molecule has 2 N–H and O–H groups in total. The zero-order chi connectivity index (χ0) is 14.4. The predicted octanol–water partition coefficient (Wildman–Crippen LogP) is 3.81. The minimum absolute atomic E-state index is 0.183. The smallest absolute Gasteiger partial charge is 0.255 e. The van der Waals surface area contributed by atoms with Gasteiger partial charge in [0.1, 0.15) is 5.82 Å². The van der Waals surface area contributed by atoms with Crippen molar-refractivity contribution in [2.24, 2.45) is 0 Å². The number of carbonyl (C=O) groups excluding carboxylic acids is 1. The Morgan fingerprint density at radius 2 is 1.95 bits per heavy atom. The quantitative estimate of drug-likeness (QED) is 0.880. The fraction of sp³-hybridized carbons (Fsp3) is 0.200. The molecule has 5 heteroatoms. The van der Waals surface area contributed by atoms with Crippen molar-refractivity contribution in [1.82, 2.24) is 4.98 Å². The molecule has 1 aromatic heterocycles. The summed E-state index contributed by atoms with van der Waals surface area (Å²) in [4.78, 5) is 16.2. The van der Waals surface area contributed by atoms with Gasteiger partial charge in [0, 0.05) is 17.1 Å². The van der Waals surface area contributed by atoms with Crippen LogP contribution in [0.15, 0.2) is 42.6 Å². The van der Waals surface area contributed by atoms with Crippen LogP contribution in [0.3, 0.4) is 0 Å². The molecule has 0 aliphatic heterocycles. The van der Waals surface area contributed by atoms with Crippen molar-refractivity contribution < 1.29 is 4.79 Å². The van der Waals surface area contributed by atoms with Crippen molar-refractivity contribution in [2.45, 2.75) is 13.3 Å². The Labute approximate surface area is 123 Å². The molecule has 0 atom stereocenters. The molecule has 4 nitrogen and oxygen atoms in total. The first-order valence-electron chi connectivity index (χ1n) is 6.46. The molecule has 0 unspecified atom stereocenters. The summed E-state index contributed by atoms with van der Waals surface area (Å²) in [5.41, 5.74) is 1.22. The molecule has 0 saturated carbocycles. The van der Waals surface area contributed by atoms with Crippen molar-refractivity contribution in [3.05, 3.63) is 53.2 Å². The Morgan fingerprint density at radius 3 is 2.55 bits per heavy atom. The molecule has 20 heavy (non-hydrogen) atoms. The maximum Gasteiger partial charge on any atom is 0.255 e. The van der Waals surface area contributed by atoms with Gasteiger partial charge < -0.3 is 10.6 Å². The van der Waals surface area contributed by atoms with E-state index in [-0.39, 0.29) is 5.91 Å². The lowest BCUT2D eigenvalue weighted by molar-refractivity contribution is 0.102. The van der Waals surface area contributed by atoms with Gasteiger partial charge >= 0.3 is 0 Å². The van der Waals surface area contributed by atoms with E-state index in [4.69, 9.17) is 11.6 Å². The lowest BCUT2D eigenvalue weighted by atomic mass is 10.2. The molecule has 1 amide bonds. The van der Waals surface area contributed by atoms with Crippen molar-refractivity contribution in [1.29, 1.82) is 0 Å². The molecule has 0 aliphatic carbocycles. The highest BCUT2D eigenvalue weighted by Crippen LogP contribution is 2.13. The van der Waals surface area contributed by atoms with Gasteiger partial charge in [-0.15, -0.1) is 0 Å². The summed E-state index contributed by atoms with van der Waals surface area (Å²) in [7, 11) is 0. The van der Waals surface area contributed by atoms with Gasteiger partial charge in [0.05, 0.1) is 11.9 Å². The zero-order valence-electron chi connectivity index (χ0n) is 11.2. The Balaban J connectivity index is 1.99. The molecular formula is C15H16ClN3O. The summed E-state index contributed by atoms with van der Waals surface area (Å²) >= 11 is 5.79. The molecule has 0 aliphatic rings. The number of hydrogen-bond acceptors (Lipinski definition) is 3. The molecule has 1 aromatic carbocycles. The average Bonchev–Trinajstić information content (AvgIpc) is 2.47. The minimum Gasteiger partial charge on any atom is -0.370 e. The monoisotopic (exact) mass is 289 g/mol. The first-order chi connectivity index (χ1) is 9.69. The van der Waals surface area contributed by atoms with Gasteiger partial charge in [0.15, 0.2) is 0 Å².